The third kappa shape index (κ3) is 7.09. The molecule has 1 aliphatic heterocycles. The van der Waals surface area contributed by atoms with E-state index in [0.29, 0.717) is 30.4 Å². The van der Waals surface area contributed by atoms with E-state index in [-0.39, 0.29) is 6.61 Å². The van der Waals surface area contributed by atoms with Crippen LogP contribution in [0.15, 0.2) is 97.3 Å². The van der Waals surface area contributed by atoms with Gasteiger partial charge in [-0.15, -0.1) is 0 Å². The van der Waals surface area contributed by atoms with Crippen molar-refractivity contribution < 1.29 is 29.5 Å². The van der Waals surface area contributed by atoms with Gasteiger partial charge in [0.1, 0.15) is 65.0 Å². The van der Waals surface area contributed by atoms with E-state index >= 15 is 0 Å². The van der Waals surface area contributed by atoms with Gasteiger partial charge in [0.05, 0.1) is 21.8 Å². The first kappa shape index (κ1) is 36.5. The van der Waals surface area contributed by atoms with Gasteiger partial charge in [0.15, 0.2) is 0 Å². The number of aromatic nitrogens is 4. The Morgan fingerprint density at radius 2 is 1.45 bits per heavy atom. The molecule has 4 aromatic heterocycles. The summed E-state index contributed by atoms with van der Waals surface area (Å²) in [6.07, 6.45) is 4.41. The predicted molar refractivity (Wildman–Crippen MR) is 220 cm³/mol. The van der Waals surface area contributed by atoms with Crippen molar-refractivity contribution in [3.05, 3.63) is 120 Å². The average Bonchev–Trinajstić information content (AvgIpc) is 3.80. The Morgan fingerprint density at radius 3 is 2.16 bits per heavy atom. The van der Waals surface area contributed by atoms with Crippen LogP contribution in [0, 0.1) is 20.8 Å². The van der Waals surface area contributed by atoms with Crippen molar-refractivity contribution in [2.45, 2.75) is 52.2 Å². The van der Waals surface area contributed by atoms with Gasteiger partial charge in [-0.25, -0.2) is 9.97 Å². The molecule has 0 radical (unpaired) electrons. The van der Waals surface area contributed by atoms with E-state index in [1.54, 1.807) is 18.5 Å². The van der Waals surface area contributed by atoms with Gasteiger partial charge >= 0.3 is 0 Å². The maximum absolute atomic E-state index is 10.6. The highest BCUT2D eigenvalue weighted by Gasteiger charge is 2.35. The van der Waals surface area contributed by atoms with Gasteiger partial charge in [-0.3, -0.25) is 0 Å². The molecule has 0 bridgehead atoms. The largest absolute Gasteiger partial charge is 0.507 e. The van der Waals surface area contributed by atoms with Crippen LogP contribution in [0.25, 0.3) is 43.9 Å². The standard InChI is InChI=1S/C34H37N3O5.C11H8N2O/c1-20-21(2)32-26(22(3)31(20)39)14-15-34(4,42-32)19-41-25-12-10-23(11-13-25)36-17-24(38)18-40-29-9-5-8-28-30(29)27-7-6-16-35-33(27)37-28;14-9-5-1-4-8-10(9)7-3-2-6-12-11(7)13-8/h5-13,16,24,36,38-39H,14-15,17-19H2,1-4H3,(H,35,37);1-6,14H,(H,12,13). The Hall–Kier alpha value is -6.46. The zero-order chi connectivity index (χ0) is 39.0. The van der Waals surface area contributed by atoms with Gasteiger partial charge in [0, 0.05) is 41.0 Å². The van der Waals surface area contributed by atoms with Crippen molar-refractivity contribution in [1.82, 2.24) is 19.9 Å². The number of nitrogens with zero attached hydrogens (tertiary/aromatic N) is 2. The number of nitrogens with one attached hydrogen (secondary N) is 3. The topological polar surface area (TPSA) is 158 Å². The monoisotopic (exact) mass is 751 g/mol. The van der Waals surface area contributed by atoms with Crippen molar-refractivity contribution in [3.8, 4) is 28.7 Å². The minimum absolute atomic E-state index is 0.153. The molecule has 0 spiro atoms. The minimum atomic E-state index is -0.705. The lowest BCUT2D eigenvalue weighted by Crippen LogP contribution is -2.42. The molecule has 0 saturated carbocycles. The summed E-state index contributed by atoms with van der Waals surface area (Å²) in [5, 5.41) is 37.8. The lowest BCUT2D eigenvalue weighted by Gasteiger charge is -2.37. The molecule has 286 valence electrons. The molecule has 2 atom stereocenters. The molecular formula is C45H45N5O6. The smallest absolute Gasteiger partial charge is 0.140 e. The van der Waals surface area contributed by atoms with Crippen LogP contribution < -0.4 is 19.5 Å². The van der Waals surface area contributed by atoms with E-state index in [4.69, 9.17) is 14.2 Å². The first-order valence-electron chi connectivity index (χ1n) is 18.8. The molecule has 6 N–H and O–H groups in total. The maximum atomic E-state index is 10.6. The summed E-state index contributed by atoms with van der Waals surface area (Å²) in [6, 6.07) is 26.7. The lowest BCUT2D eigenvalue weighted by molar-refractivity contribution is 0.0166. The number of fused-ring (bicyclic) bond motifs is 7. The Morgan fingerprint density at radius 1 is 0.786 bits per heavy atom. The Bertz CT molecular complexity index is 2690. The molecule has 5 heterocycles. The van der Waals surface area contributed by atoms with Crippen LogP contribution in [0.2, 0.25) is 0 Å². The molecule has 8 aromatic rings. The van der Waals surface area contributed by atoms with Crippen molar-refractivity contribution in [1.29, 1.82) is 0 Å². The highest BCUT2D eigenvalue weighted by atomic mass is 16.5. The van der Waals surface area contributed by atoms with Gasteiger partial charge in [-0.1, -0.05) is 12.1 Å². The van der Waals surface area contributed by atoms with Gasteiger partial charge in [0.2, 0.25) is 0 Å². The number of phenols is 2. The van der Waals surface area contributed by atoms with E-state index in [9.17, 15) is 15.3 Å². The fourth-order valence-corrected chi connectivity index (χ4v) is 7.41. The molecule has 11 nitrogen and oxygen atoms in total. The van der Waals surface area contributed by atoms with E-state index < -0.39 is 11.7 Å². The number of aliphatic hydroxyl groups is 1. The number of aliphatic hydroxyl groups excluding tert-OH is 1. The van der Waals surface area contributed by atoms with Gasteiger partial charge in [0.25, 0.3) is 0 Å². The highest BCUT2D eigenvalue weighted by Crippen LogP contribution is 2.43. The second-order valence-corrected chi connectivity index (χ2v) is 14.7. The van der Waals surface area contributed by atoms with Crippen LogP contribution in [0.4, 0.5) is 5.69 Å². The number of phenolic OH excluding ortho intramolecular Hbond substituents is 2. The van der Waals surface area contributed by atoms with Crippen molar-refractivity contribution >= 4 is 49.6 Å². The summed E-state index contributed by atoms with van der Waals surface area (Å²) < 4.78 is 18.6. The number of pyridine rings is 2. The highest BCUT2D eigenvalue weighted by molar-refractivity contribution is 6.09. The lowest BCUT2D eigenvalue weighted by atomic mass is 9.87. The molecule has 0 aliphatic carbocycles. The van der Waals surface area contributed by atoms with E-state index in [1.165, 1.54) is 0 Å². The number of hydrogen-bond donors (Lipinski definition) is 6. The summed E-state index contributed by atoms with van der Waals surface area (Å²) in [6.45, 7) is 8.85. The summed E-state index contributed by atoms with van der Waals surface area (Å²) in [5.74, 6) is 2.99. The number of anilines is 1. The number of aromatic amines is 2. The molecule has 0 saturated heterocycles. The summed E-state index contributed by atoms with van der Waals surface area (Å²) in [4.78, 5) is 15.0. The molecule has 11 heteroatoms. The first-order valence-corrected chi connectivity index (χ1v) is 18.8. The zero-order valence-electron chi connectivity index (χ0n) is 31.8. The van der Waals surface area contributed by atoms with Crippen LogP contribution >= 0.6 is 0 Å². The van der Waals surface area contributed by atoms with E-state index in [2.05, 4.69) is 32.2 Å². The number of H-pyrrole nitrogens is 2. The summed E-state index contributed by atoms with van der Waals surface area (Å²) in [5.41, 5.74) is 7.72. The number of ether oxygens (including phenoxy) is 3. The second kappa shape index (κ2) is 15.0. The minimum Gasteiger partial charge on any atom is -0.507 e. The predicted octanol–water partition coefficient (Wildman–Crippen LogP) is 8.78. The number of benzene rings is 4. The van der Waals surface area contributed by atoms with E-state index in [0.717, 1.165) is 96.2 Å². The SMILES string of the molecule is Cc1c(C)c2c(c(C)c1O)CCC(C)(COc1ccc(NCC(O)COc3cccc4[nH]c5ncccc5c34)cc1)O2.Oc1cccc2[nH]c3ncccc3c12. The second-order valence-electron chi connectivity index (χ2n) is 14.7. The normalized spacial score (nSPS) is 15.6. The molecule has 0 fully saturated rings. The fourth-order valence-electron chi connectivity index (χ4n) is 7.41. The molecular weight excluding hydrogens is 707 g/mol. The summed E-state index contributed by atoms with van der Waals surface area (Å²) >= 11 is 0. The average molecular weight is 752 g/mol. The molecule has 0 amide bonds. The maximum Gasteiger partial charge on any atom is 0.140 e. The van der Waals surface area contributed by atoms with Gasteiger partial charge in [-0.2, -0.15) is 0 Å². The molecule has 2 unspecified atom stereocenters. The van der Waals surface area contributed by atoms with Crippen LogP contribution in [0.1, 0.15) is 35.6 Å². The Kier molecular flexibility index (Phi) is 9.78. The molecule has 4 aromatic carbocycles. The quantitative estimate of drug-likeness (QED) is 0.0848. The number of aromatic hydroxyl groups is 2. The van der Waals surface area contributed by atoms with Gasteiger partial charge < -0.3 is 44.8 Å². The molecule has 56 heavy (non-hydrogen) atoms. The zero-order valence-corrected chi connectivity index (χ0v) is 31.8. The van der Waals surface area contributed by atoms with Crippen molar-refractivity contribution in [2.75, 3.05) is 25.1 Å². The fraction of sp³-hybridized carbons (Fsp3) is 0.244. The van der Waals surface area contributed by atoms with Crippen LogP contribution in [-0.2, 0) is 6.42 Å². The molecule has 9 rings (SSSR count). The third-order valence-corrected chi connectivity index (χ3v) is 10.7. The Balaban J connectivity index is 0.000000262. The van der Waals surface area contributed by atoms with E-state index in [1.807, 2.05) is 99.6 Å². The van der Waals surface area contributed by atoms with Crippen LogP contribution in [0.5, 0.6) is 28.7 Å². The van der Waals surface area contributed by atoms with Crippen LogP contribution in [0.3, 0.4) is 0 Å². The summed E-state index contributed by atoms with van der Waals surface area (Å²) in [7, 11) is 0. The van der Waals surface area contributed by atoms with Gasteiger partial charge in [-0.05, 0) is 130 Å². The van der Waals surface area contributed by atoms with Crippen molar-refractivity contribution in [2.24, 2.45) is 0 Å². The van der Waals surface area contributed by atoms with Crippen molar-refractivity contribution in [3.63, 3.8) is 0 Å². The third-order valence-electron chi connectivity index (χ3n) is 10.7. The Labute approximate surface area is 323 Å². The van der Waals surface area contributed by atoms with Crippen LogP contribution in [-0.4, -0.2) is 66.7 Å². The number of rotatable bonds is 9. The first-order chi connectivity index (χ1) is 27.1. The molecule has 1 aliphatic rings. The number of hydrogen-bond acceptors (Lipinski definition) is 9.